The van der Waals surface area contributed by atoms with Gasteiger partial charge in [-0.15, -0.1) is 0 Å². The molecule has 0 N–H and O–H groups in total. The largest absolute Gasteiger partial charge is 0.370 e. The average molecular weight is 1450 g/mol. The zero-order valence-electron chi connectivity index (χ0n) is 62.3. The quantitative estimate of drug-likeness (QED) is 0.0962. The molecule has 5 atom stereocenters. The van der Waals surface area contributed by atoms with Crippen LogP contribution >= 0.6 is 23.1 Å². The Morgan fingerprint density at radius 1 is 0.362 bits per heavy atom. The van der Waals surface area contributed by atoms with Gasteiger partial charge in [0.05, 0.1) is 38.3 Å². The van der Waals surface area contributed by atoms with Gasteiger partial charge in [-0.2, -0.15) is 8.75 Å². The second-order valence-electron chi connectivity index (χ2n) is 31.5. The van der Waals surface area contributed by atoms with Crippen LogP contribution in [-0.2, 0) is 0 Å². The fourth-order valence-electron chi connectivity index (χ4n) is 19.4. The molecule has 25 rings (SSSR count). The lowest BCUT2D eigenvalue weighted by molar-refractivity contribution is 0.0387. The van der Waals surface area contributed by atoms with Gasteiger partial charge in [-0.25, -0.2) is 0 Å². The number of aromatic nitrogens is 5. The van der Waals surface area contributed by atoms with Crippen LogP contribution in [0.2, 0.25) is 0 Å². The van der Waals surface area contributed by atoms with E-state index in [1.807, 2.05) is 54.9 Å². The summed E-state index contributed by atoms with van der Waals surface area (Å²) in [5.74, 6) is 4.05. The van der Waals surface area contributed by atoms with Gasteiger partial charge < -0.3 is 62.6 Å². The lowest BCUT2D eigenvalue weighted by Gasteiger charge is -2.49. The molecular weight excluding hydrogens is 1340 g/mol. The van der Waals surface area contributed by atoms with E-state index in [0.29, 0.717) is 30.2 Å². The third kappa shape index (κ3) is 14.4. The van der Waals surface area contributed by atoms with E-state index < -0.39 is 0 Å². The summed E-state index contributed by atoms with van der Waals surface area (Å²) < 4.78 is 27.3. The summed E-state index contributed by atoms with van der Waals surface area (Å²) in [6, 6.07) is 36.0. The SMILES string of the molecule is C=C(c1cccc2cnoc12)N(C)C1CN2CCC1CC2.C=C(c1cccc2cnsc12)N(C)C1CN2CCC1CC2.C=C(c1cccc2oncc12)N(C)C1CN2CCC1CC2.C=C(c1cccc2sncc12)N(C)C1CN2CCC1CC2.C=C(c1noc2ccccc12)N(C)C1CN2CCC1CC2. The van der Waals surface area contributed by atoms with Crippen molar-refractivity contribution >= 4 is 105 Å². The number of rotatable bonds is 15. The minimum Gasteiger partial charge on any atom is -0.370 e. The van der Waals surface area contributed by atoms with Crippen LogP contribution in [0.4, 0.5) is 0 Å². The molecule has 15 fully saturated rings. The molecule has 105 heavy (non-hydrogen) atoms. The fourth-order valence-corrected chi connectivity index (χ4v) is 20.9. The second kappa shape index (κ2) is 30.9. The van der Waals surface area contributed by atoms with Gasteiger partial charge in [0.15, 0.2) is 16.7 Å². The Hall–Kier alpha value is -8.21. The van der Waals surface area contributed by atoms with E-state index in [1.54, 1.807) is 35.5 Å². The minimum atomic E-state index is 0.551. The van der Waals surface area contributed by atoms with Crippen LogP contribution < -0.4 is 0 Å². The van der Waals surface area contributed by atoms with Crippen LogP contribution in [0.25, 0.3) is 81.6 Å². The highest BCUT2D eigenvalue weighted by Crippen LogP contribution is 2.42. The number of likely N-dealkylation sites (N-methyl/N-ethyl adjacent to an activating group) is 5. The van der Waals surface area contributed by atoms with Gasteiger partial charge in [-0.3, -0.25) is 0 Å². The van der Waals surface area contributed by atoms with Crippen molar-refractivity contribution in [2.75, 3.05) is 133 Å². The summed E-state index contributed by atoms with van der Waals surface area (Å²) in [5, 5.41) is 17.7. The van der Waals surface area contributed by atoms with Crippen LogP contribution in [0.1, 0.15) is 92.2 Å². The molecule has 18 nitrogen and oxygen atoms in total. The van der Waals surface area contributed by atoms with Gasteiger partial charge in [0.25, 0.3) is 0 Å². The first-order valence-electron chi connectivity index (χ1n) is 38.6. The lowest BCUT2D eigenvalue weighted by Crippen LogP contribution is -2.55. The summed E-state index contributed by atoms with van der Waals surface area (Å²) >= 11 is 3.13. The van der Waals surface area contributed by atoms with Gasteiger partial charge in [-0.05, 0) is 219 Å². The van der Waals surface area contributed by atoms with Crippen molar-refractivity contribution < 1.29 is 13.6 Å². The van der Waals surface area contributed by atoms with Crippen LogP contribution in [0.3, 0.4) is 0 Å². The Bertz CT molecular complexity index is 4240. The smallest absolute Gasteiger partial charge is 0.176 e. The Morgan fingerprint density at radius 2 is 0.752 bits per heavy atom. The molecule has 0 saturated carbocycles. The van der Waals surface area contributed by atoms with Crippen molar-refractivity contribution in [3.63, 3.8) is 0 Å². The van der Waals surface area contributed by atoms with Crippen molar-refractivity contribution in [2.24, 2.45) is 29.6 Å². The van der Waals surface area contributed by atoms with Gasteiger partial charge in [0.2, 0.25) is 0 Å². The molecule has 15 saturated heterocycles. The third-order valence-electron chi connectivity index (χ3n) is 26.2. The van der Waals surface area contributed by atoms with E-state index in [-0.39, 0.29) is 0 Å². The van der Waals surface area contributed by atoms with Crippen molar-refractivity contribution in [1.29, 1.82) is 0 Å². The highest BCUT2D eigenvalue weighted by atomic mass is 32.1. The number of fused-ring (bicyclic) bond motifs is 20. The highest BCUT2D eigenvalue weighted by Gasteiger charge is 2.42. The summed E-state index contributed by atoms with van der Waals surface area (Å²) in [6.45, 7) is 40.3. The predicted molar refractivity (Wildman–Crippen MR) is 430 cm³/mol. The summed E-state index contributed by atoms with van der Waals surface area (Å²) in [6.07, 6.45) is 20.7. The first-order valence-corrected chi connectivity index (χ1v) is 40.1. The molecule has 10 bridgehead atoms. The van der Waals surface area contributed by atoms with E-state index in [9.17, 15) is 0 Å². The maximum Gasteiger partial charge on any atom is 0.176 e. The average Bonchev–Trinajstić information content (AvgIpc) is 1.51. The minimum absolute atomic E-state index is 0.551. The van der Waals surface area contributed by atoms with Gasteiger partial charge in [0.1, 0.15) is 5.69 Å². The van der Waals surface area contributed by atoms with Crippen LogP contribution in [0.15, 0.2) is 168 Å². The van der Waals surface area contributed by atoms with Gasteiger partial charge in [-0.1, -0.05) is 109 Å². The number of benzene rings is 5. The van der Waals surface area contributed by atoms with Crippen molar-refractivity contribution in [1.82, 2.24) is 73.2 Å². The number of nitrogens with zero attached hydrogens (tertiary/aromatic N) is 15. The van der Waals surface area contributed by atoms with E-state index in [4.69, 9.17) is 13.6 Å². The first-order chi connectivity index (χ1) is 51.2. The molecule has 0 radical (unpaired) electrons. The van der Waals surface area contributed by atoms with Crippen LogP contribution in [-0.4, -0.2) is 237 Å². The predicted octanol–water partition coefficient (Wildman–Crippen LogP) is 15.1. The van der Waals surface area contributed by atoms with Crippen molar-refractivity contribution in [2.45, 2.75) is 94.4 Å². The molecule has 15 aliphatic rings. The number of hydrogen-bond acceptors (Lipinski definition) is 20. The Kier molecular flexibility index (Phi) is 20.9. The molecule has 0 spiro atoms. The molecule has 10 aromatic rings. The van der Waals surface area contributed by atoms with Crippen LogP contribution in [0, 0.1) is 29.6 Å². The molecule has 20 heteroatoms. The van der Waals surface area contributed by atoms with Gasteiger partial charge >= 0.3 is 0 Å². The Balaban J connectivity index is 0.000000101. The van der Waals surface area contributed by atoms with E-state index in [1.165, 1.54) is 181 Å². The summed E-state index contributed by atoms with van der Waals surface area (Å²) in [4.78, 5) is 24.8. The third-order valence-corrected chi connectivity index (χ3v) is 27.8. The molecule has 20 heterocycles. The van der Waals surface area contributed by atoms with Gasteiger partial charge in [0, 0.05) is 172 Å². The summed E-state index contributed by atoms with van der Waals surface area (Å²) in [7, 11) is 10.9. The maximum absolute atomic E-state index is 5.42. The topological polar surface area (TPSA) is 136 Å². The molecule has 5 aromatic heterocycles. The number of hydrogen-bond donors (Lipinski definition) is 0. The van der Waals surface area contributed by atoms with Crippen molar-refractivity contribution in [3.8, 4) is 0 Å². The molecular formula is C85H105N15O3S2. The van der Waals surface area contributed by atoms with E-state index >= 15 is 0 Å². The van der Waals surface area contributed by atoms with Crippen LogP contribution in [0.5, 0.6) is 0 Å². The van der Waals surface area contributed by atoms with E-state index in [2.05, 4.69) is 196 Å². The monoisotopic (exact) mass is 1450 g/mol. The lowest BCUT2D eigenvalue weighted by atomic mass is 9.83. The Labute approximate surface area is 627 Å². The molecule has 0 aliphatic carbocycles. The number of para-hydroxylation sites is 2. The molecule has 5 aromatic carbocycles. The fraction of sp³-hybridized carbons (Fsp3) is 0.471. The van der Waals surface area contributed by atoms with E-state index in [0.717, 1.165) is 121 Å². The highest BCUT2D eigenvalue weighted by molar-refractivity contribution is 7.13. The second-order valence-corrected chi connectivity index (χ2v) is 33.2. The molecule has 550 valence electrons. The normalized spacial score (nSPS) is 28.0. The molecule has 0 amide bonds. The first kappa shape index (κ1) is 71.1. The Morgan fingerprint density at radius 3 is 1.26 bits per heavy atom. The zero-order valence-corrected chi connectivity index (χ0v) is 63.9. The molecule has 5 unspecified atom stereocenters. The maximum atomic E-state index is 5.42. The standard InChI is InChI=1S/3C17H21N3O.2C17H21N3S/c1-12(14-4-3-5-17-15(14)10-18-21-17)19(2)16-11-20-8-6-13(16)7-9-20;1-12(15-5-3-4-14-10-18-21-17(14)15)19(2)16-11-20-8-6-13(16)7-9-20;1-12(17-14-5-3-4-6-16(14)21-18-17)19(2)15-11-20-9-7-13(15)8-10-20;1-12(14-4-3-5-17-15(14)10-18-21-17)19(2)16-11-20-8-6-13(16)7-9-20;1-12(15-5-3-4-14-10-18-21-17(14)15)19(2)16-11-20-8-6-13(16)7-9-20/h2*3-5,10,13,16H,1,6-9,11H2,2H3;3-6,13,15H,1,7-11H2,2H3;2*3-5,10,13,16H,1,6-9,11H2,2H3. The number of piperidine rings is 15. The molecule has 15 aliphatic heterocycles. The zero-order chi connectivity index (χ0) is 72.0. The van der Waals surface area contributed by atoms with Crippen molar-refractivity contribution in [3.05, 3.63) is 183 Å². The summed E-state index contributed by atoms with van der Waals surface area (Å²) in [5.41, 5.74) is 13.4.